The number of carbonyl (C=O) groups excluding carboxylic acids is 1. The van der Waals surface area contributed by atoms with Gasteiger partial charge in [0.25, 0.3) is 5.24 Å². The van der Waals surface area contributed by atoms with Gasteiger partial charge in [-0.3, -0.25) is 9.69 Å². The minimum atomic E-state index is -0.625. The normalized spacial score (nSPS) is 17.9. The first-order valence-corrected chi connectivity index (χ1v) is 6.33. The number of piperazine rings is 1. The van der Waals surface area contributed by atoms with Crippen LogP contribution in [0.4, 0.5) is 4.39 Å². The van der Waals surface area contributed by atoms with Gasteiger partial charge >= 0.3 is 0 Å². The monoisotopic (exact) mass is 270 g/mol. The Balaban J connectivity index is 2.03. The fourth-order valence-corrected chi connectivity index (χ4v) is 2.16. The lowest BCUT2D eigenvalue weighted by Crippen LogP contribution is -2.44. The predicted octanol–water partition coefficient (Wildman–Crippen LogP) is 1.95. The van der Waals surface area contributed by atoms with Gasteiger partial charge in [0.1, 0.15) is 5.82 Å². The minimum absolute atomic E-state index is 0.205. The molecule has 0 N–H and O–H groups in total. The highest BCUT2D eigenvalue weighted by Gasteiger charge is 2.16. The van der Waals surface area contributed by atoms with E-state index >= 15 is 0 Å². The first-order valence-electron chi connectivity index (χ1n) is 5.95. The lowest BCUT2D eigenvalue weighted by molar-refractivity contribution is 0.108. The van der Waals surface area contributed by atoms with E-state index in [0.717, 1.165) is 26.2 Å². The molecule has 0 saturated carbocycles. The smallest absolute Gasteiger partial charge is 0.252 e. The molecule has 0 radical (unpaired) electrons. The highest BCUT2D eigenvalue weighted by Crippen LogP contribution is 2.15. The summed E-state index contributed by atoms with van der Waals surface area (Å²) >= 11 is 5.31. The van der Waals surface area contributed by atoms with Gasteiger partial charge in [0.05, 0.1) is 0 Å². The lowest BCUT2D eigenvalue weighted by atomic mass is 10.1. The van der Waals surface area contributed by atoms with Gasteiger partial charge in [-0.15, -0.1) is 0 Å². The van der Waals surface area contributed by atoms with Gasteiger partial charge in [-0.25, -0.2) is 4.39 Å². The minimum Gasteiger partial charge on any atom is -0.304 e. The molecule has 0 amide bonds. The number of likely N-dealkylation sites (N-methyl/N-ethyl adjacent to an activating group) is 1. The highest BCUT2D eigenvalue weighted by molar-refractivity contribution is 6.67. The van der Waals surface area contributed by atoms with Crippen LogP contribution < -0.4 is 0 Å². The fourth-order valence-electron chi connectivity index (χ4n) is 2.04. The van der Waals surface area contributed by atoms with Crippen molar-refractivity contribution in [3.63, 3.8) is 0 Å². The van der Waals surface area contributed by atoms with Crippen LogP contribution in [0, 0.1) is 5.82 Å². The van der Waals surface area contributed by atoms with E-state index in [2.05, 4.69) is 16.8 Å². The second kappa shape index (κ2) is 5.78. The van der Waals surface area contributed by atoms with Crippen LogP contribution >= 0.6 is 11.6 Å². The Morgan fingerprint density at radius 2 is 2.00 bits per heavy atom. The van der Waals surface area contributed by atoms with Crippen LogP contribution in [0.2, 0.25) is 0 Å². The van der Waals surface area contributed by atoms with Gasteiger partial charge in [-0.1, -0.05) is 6.07 Å². The zero-order chi connectivity index (χ0) is 13.1. The number of halogens is 2. The molecule has 3 nitrogen and oxygen atoms in total. The summed E-state index contributed by atoms with van der Waals surface area (Å²) in [6.07, 6.45) is 0. The van der Waals surface area contributed by atoms with E-state index in [1.165, 1.54) is 6.07 Å². The molecule has 0 unspecified atom stereocenters. The molecule has 2 rings (SSSR count). The van der Waals surface area contributed by atoms with E-state index in [1.54, 1.807) is 12.1 Å². The van der Waals surface area contributed by atoms with Crippen LogP contribution in [0.1, 0.15) is 15.9 Å². The van der Waals surface area contributed by atoms with Gasteiger partial charge in [0.2, 0.25) is 0 Å². The molecule has 1 aliphatic heterocycles. The second-order valence-electron chi connectivity index (χ2n) is 4.66. The summed E-state index contributed by atoms with van der Waals surface area (Å²) in [7, 11) is 2.08. The van der Waals surface area contributed by atoms with Crippen molar-refractivity contribution >= 4 is 16.8 Å². The fraction of sp³-hybridized carbons (Fsp3) is 0.462. The summed E-state index contributed by atoms with van der Waals surface area (Å²) in [5.74, 6) is -0.361. The van der Waals surface area contributed by atoms with E-state index < -0.39 is 5.24 Å². The lowest BCUT2D eigenvalue weighted by Gasteiger charge is -2.32. The Morgan fingerprint density at radius 3 is 2.56 bits per heavy atom. The molecular formula is C13H16ClFN2O. The molecule has 1 aromatic rings. The van der Waals surface area contributed by atoms with Gasteiger partial charge in [-0.2, -0.15) is 0 Å². The van der Waals surface area contributed by atoms with Crippen LogP contribution in [0.15, 0.2) is 18.2 Å². The Morgan fingerprint density at radius 1 is 1.33 bits per heavy atom. The number of nitrogens with zero attached hydrogens (tertiary/aromatic N) is 2. The molecule has 18 heavy (non-hydrogen) atoms. The third-order valence-electron chi connectivity index (χ3n) is 3.27. The summed E-state index contributed by atoms with van der Waals surface area (Å²) in [6.45, 7) is 4.45. The number of hydrogen-bond acceptors (Lipinski definition) is 3. The van der Waals surface area contributed by atoms with E-state index in [9.17, 15) is 9.18 Å². The molecule has 0 bridgehead atoms. The van der Waals surface area contributed by atoms with Gasteiger partial charge < -0.3 is 4.90 Å². The van der Waals surface area contributed by atoms with E-state index in [-0.39, 0.29) is 11.4 Å². The molecular weight excluding hydrogens is 255 g/mol. The Kier molecular flexibility index (Phi) is 4.32. The van der Waals surface area contributed by atoms with Crippen LogP contribution in [0.25, 0.3) is 0 Å². The molecule has 1 aromatic carbocycles. The number of benzene rings is 1. The maximum atomic E-state index is 13.8. The van der Waals surface area contributed by atoms with E-state index in [0.29, 0.717) is 12.1 Å². The highest BCUT2D eigenvalue weighted by atomic mass is 35.5. The van der Waals surface area contributed by atoms with Crippen molar-refractivity contribution in [2.75, 3.05) is 33.2 Å². The van der Waals surface area contributed by atoms with Gasteiger partial charge in [0, 0.05) is 43.9 Å². The number of hydrogen-bond donors (Lipinski definition) is 0. The predicted molar refractivity (Wildman–Crippen MR) is 69.4 cm³/mol. The van der Waals surface area contributed by atoms with Crippen molar-refractivity contribution in [3.8, 4) is 0 Å². The first kappa shape index (κ1) is 13.5. The molecule has 0 aliphatic carbocycles. The van der Waals surface area contributed by atoms with Crippen molar-refractivity contribution in [2.24, 2.45) is 0 Å². The molecule has 0 atom stereocenters. The van der Waals surface area contributed by atoms with Crippen LogP contribution in [-0.2, 0) is 6.54 Å². The molecule has 0 spiro atoms. The third kappa shape index (κ3) is 3.28. The average molecular weight is 271 g/mol. The number of carbonyl (C=O) groups is 1. The maximum Gasteiger partial charge on any atom is 0.252 e. The van der Waals surface area contributed by atoms with E-state index in [1.807, 2.05) is 0 Å². The van der Waals surface area contributed by atoms with Crippen molar-refractivity contribution in [1.29, 1.82) is 0 Å². The molecule has 1 aliphatic rings. The molecule has 98 valence electrons. The topological polar surface area (TPSA) is 23.6 Å². The van der Waals surface area contributed by atoms with Crippen molar-refractivity contribution < 1.29 is 9.18 Å². The quantitative estimate of drug-likeness (QED) is 0.785. The molecule has 1 saturated heterocycles. The Hall–Kier alpha value is -0.970. The standard InChI is InChI=1S/C13H16ClFN2O/c1-16-4-6-17(7-5-16)9-11-3-2-10(13(14)18)8-12(11)15/h2-3,8H,4-7,9H2,1H3. The second-order valence-corrected chi connectivity index (χ2v) is 5.00. The summed E-state index contributed by atoms with van der Waals surface area (Å²) in [5, 5.41) is -0.625. The third-order valence-corrected chi connectivity index (χ3v) is 3.49. The summed E-state index contributed by atoms with van der Waals surface area (Å²) in [6, 6.07) is 4.42. The zero-order valence-corrected chi connectivity index (χ0v) is 11.1. The van der Waals surface area contributed by atoms with Crippen LogP contribution in [0.3, 0.4) is 0 Å². The molecule has 1 heterocycles. The molecule has 0 aromatic heterocycles. The summed E-state index contributed by atoms with van der Waals surface area (Å²) in [4.78, 5) is 15.4. The summed E-state index contributed by atoms with van der Waals surface area (Å²) in [5.41, 5.74) is 0.817. The summed E-state index contributed by atoms with van der Waals surface area (Å²) < 4.78 is 13.8. The molecule has 1 fully saturated rings. The maximum absolute atomic E-state index is 13.8. The van der Waals surface area contributed by atoms with Gasteiger partial charge in [0.15, 0.2) is 0 Å². The van der Waals surface area contributed by atoms with Crippen LogP contribution in [0.5, 0.6) is 0 Å². The van der Waals surface area contributed by atoms with Crippen molar-refractivity contribution in [1.82, 2.24) is 9.80 Å². The van der Waals surface area contributed by atoms with E-state index in [4.69, 9.17) is 11.6 Å². The number of rotatable bonds is 3. The first-order chi connectivity index (χ1) is 8.56. The van der Waals surface area contributed by atoms with Gasteiger partial charge in [-0.05, 0) is 30.8 Å². The molecule has 5 heteroatoms. The SMILES string of the molecule is CN1CCN(Cc2ccc(C(=O)Cl)cc2F)CC1. The van der Waals surface area contributed by atoms with Crippen molar-refractivity contribution in [3.05, 3.63) is 35.1 Å². The zero-order valence-electron chi connectivity index (χ0n) is 10.3. The Labute approximate surface area is 111 Å². The van der Waals surface area contributed by atoms with Crippen LogP contribution in [-0.4, -0.2) is 48.3 Å². The Bertz CT molecular complexity index is 445. The largest absolute Gasteiger partial charge is 0.304 e. The van der Waals surface area contributed by atoms with Crippen molar-refractivity contribution in [2.45, 2.75) is 6.54 Å². The average Bonchev–Trinajstić information content (AvgIpc) is 2.34.